The van der Waals surface area contributed by atoms with Gasteiger partial charge in [0, 0.05) is 42.8 Å². The molecule has 0 radical (unpaired) electrons. The average molecular weight is 427 g/mol. The van der Waals surface area contributed by atoms with E-state index in [0.29, 0.717) is 6.42 Å². The van der Waals surface area contributed by atoms with Gasteiger partial charge >= 0.3 is 0 Å². The number of aromatic nitrogens is 1. The van der Waals surface area contributed by atoms with Crippen LogP contribution in [-0.2, 0) is 14.4 Å². The lowest BCUT2D eigenvalue weighted by Gasteiger charge is -2.32. The standard InChI is InChI=1S/C24H34N4O3/c1-15(2)13-21(28(6)24(31)22(16(3)4)27-17(5)29)23(30)25-12-11-18-14-26-20-10-8-7-9-19(18)20/h7-12,14-16,21-22,26H,13H2,1-6H3,(H,25,30)(H,27,29)/t21-,22-/m1/s1. The number of rotatable bonds is 9. The molecule has 7 nitrogen and oxygen atoms in total. The van der Waals surface area contributed by atoms with E-state index in [2.05, 4.69) is 15.6 Å². The van der Waals surface area contributed by atoms with Gasteiger partial charge in [0.2, 0.25) is 17.7 Å². The molecule has 0 aliphatic heterocycles. The predicted molar refractivity (Wildman–Crippen MR) is 124 cm³/mol. The second-order valence-corrected chi connectivity index (χ2v) is 8.65. The van der Waals surface area contributed by atoms with Gasteiger partial charge < -0.3 is 20.5 Å². The summed E-state index contributed by atoms with van der Waals surface area (Å²) in [7, 11) is 1.62. The van der Waals surface area contributed by atoms with E-state index in [1.165, 1.54) is 11.8 Å². The number of aromatic amines is 1. The van der Waals surface area contributed by atoms with Gasteiger partial charge in [0.25, 0.3) is 0 Å². The fourth-order valence-electron chi connectivity index (χ4n) is 3.53. The topological polar surface area (TPSA) is 94.3 Å². The van der Waals surface area contributed by atoms with Gasteiger partial charge in [-0.1, -0.05) is 45.9 Å². The number of nitrogens with zero attached hydrogens (tertiary/aromatic N) is 1. The van der Waals surface area contributed by atoms with Crippen LogP contribution in [0.2, 0.25) is 0 Å². The maximum atomic E-state index is 13.1. The first-order valence-electron chi connectivity index (χ1n) is 10.7. The molecule has 0 saturated heterocycles. The van der Waals surface area contributed by atoms with E-state index < -0.39 is 12.1 Å². The van der Waals surface area contributed by atoms with Crippen LogP contribution in [-0.4, -0.2) is 46.7 Å². The molecule has 168 valence electrons. The third kappa shape index (κ3) is 6.44. The predicted octanol–water partition coefficient (Wildman–Crippen LogP) is 3.29. The summed E-state index contributed by atoms with van der Waals surface area (Å²) in [6.07, 6.45) is 5.84. The maximum Gasteiger partial charge on any atom is 0.246 e. The highest BCUT2D eigenvalue weighted by molar-refractivity contribution is 5.93. The summed E-state index contributed by atoms with van der Waals surface area (Å²) in [4.78, 5) is 42.2. The van der Waals surface area contributed by atoms with Crippen molar-refractivity contribution in [1.82, 2.24) is 20.5 Å². The van der Waals surface area contributed by atoms with Gasteiger partial charge in [-0.2, -0.15) is 0 Å². The van der Waals surface area contributed by atoms with Gasteiger partial charge in [-0.3, -0.25) is 14.4 Å². The highest BCUT2D eigenvalue weighted by Gasteiger charge is 2.33. The minimum atomic E-state index is -0.674. The van der Waals surface area contributed by atoms with Gasteiger partial charge in [0.1, 0.15) is 12.1 Å². The monoisotopic (exact) mass is 426 g/mol. The number of benzene rings is 1. The van der Waals surface area contributed by atoms with Crippen LogP contribution < -0.4 is 10.6 Å². The van der Waals surface area contributed by atoms with Crippen LogP contribution in [0, 0.1) is 11.8 Å². The first kappa shape index (κ1) is 24.2. The van der Waals surface area contributed by atoms with E-state index >= 15 is 0 Å². The highest BCUT2D eigenvalue weighted by Crippen LogP contribution is 2.19. The molecule has 0 aliphatic carbocycles. The zero-order valence-corrected chi connectivity index (χ0v) is 19.2. The van der Waals surface area contributed by atoms with Crippen molar-refractivity contribution in [2.24, 2.45) is 11.8 Å². The molecule has 0 unspecified atom stereocenters. The van der Waals surface area contributed by atoms with E-state index in [1.807, 2.05) is 64.2 Å². The number of hydrogen-bond acceptors (Lipinski definition) is 3. The Morgan fingerprint density at radius 2 is 1.81 bits per heavy atom. The van der Waals surface area contributed by atoms with Gasteiger partial charge in [-0.25, -0.2) is 0 Å². The van der Waals surface area contributed by atoms with Crippen LogP contribution in [0.3, 0.4) is 0 Å². The fraction of sp³-hybridized carbons (Fsp3) is 0.458. The summed E-state index contributed by atoms with van der Waals surface area (Å²) in [6.45, 7) is 9.14. The van der Waals surface area contributed by atoms with Crippen molar-refractivity contribution in [2.45, 2.75) is 53.1 Å². The van der Waals surface area contributed by atoms with Crippen LogP contribution in [0.1, 0.15) is 46.6 Å². The molecule has 3 amide bonds. The fourth-order valence-corrected chi connectivity index (χ4v) is 3.53. The molecule has 31 heavy (non-hydrogen) atoms. The zero-order valence-electron chi connectivity index (χ0n) is 19.2. The number of nitrogens with one attached hydrogen (secondary N) is 3. The molecule has 0 bridgehead atoms. The van der Waals surface area contributed by atoms with E-state index in [1.54, 1.807) is 13.2 Å². The van der Waals surface area contributed by atoms with Crippen molar-refractivity contribution in [3.63, 3.8) is 0 Å². The Bertz CT molecular complexity index is 945. The van der Waals surface area contributed by atoms with Crippen molar-refractivity contribution in [3.8, 4) is 0 Å². The smallest absolute Gasteiger partial charge is 0.246 e. The van der Waals surface area contributed by atoms with E-state index in [0.717, 1.165) is 16.5 Å². The average Bonchev–Trinajstić information content (AvgIpc) is 3.12. The molecule has 2 atom stereocenters. The molecule has 1 aromatic heterocycles. The van der Waals surface area contributed by atoms with Crippen LogP contribution in [0.4, 0.5) is 0 Å². The molecule has 2 aromatic rings. The summed E-state index contributed by atoms with van der Waals surface area (Å²) in [6, 6.07) is 6.61. The van der Waals surface area contributed by atoms with Crippen molar-refractivity contribution >= 4 is 34.7 Å². The van der Waals surface area contributed by atoms with Gasteiger partial charge in [-0.05, 0) is 30.4 Å². The van der Waals surface area contributed by atoms with Crippen molar-refractivity contribution < 1.29 is 14.4 Å². The quantitative estimate of drug-likeness (QED) is 0.574. The molecule has 3 N–H and O–H groups in total. The normalized spacial score (nSPS) is 13.5. The number of H-pyrrole nitrogens is 1. The van der Waals surface area contributed by atoms with Gasteiger partial charge in [-0.15, -0.1) is 0 Å². The number of fused-ring (bicyclic) bond motifs is 1. The minimum Gasteiger partial charge on any atom is -0.361 e. The minimum absolute atomic E-state index is 0.0941. The second kappa shape index (κ2) is 10.8. The lowest BCUT2D eigenvalue weighted by molar-refractivity contribution is -0.142. The Morgan fingerprint density at radius 1 is 1.13 bits per heavy atom. The lowest BCUT2D eigenvalue weighted by atomic mass is 9.98. The maximum absolute atomic E-state index is 13.1. The summed E-state index contributed by atoms with van der Waals surface area (Å²) in [5, 5.41) is 6.59. The van der Waals surface area contributed by atoms with E-state index in [9.17, 15) is 14.4 Å². The van der Waals surface area contributed by atoms with Crippen molar-refractivity contribution in [3.05, 3.63) is 42.2 Å². The Kier molecular flexibility index (Phi) is 8.42. The second-order valence-electron chi connectivity index (χ2n) is 8.65. The zero-order chi connectivity index (χ0) is 23.1. The molecule has 0 spiro atoms. The summed E-state index contributed by atoms with van der Waals surface area (Å²) >= 11 is 0. The summed E-state index contributed by atoms with van der Waals surface area (Å²) in [5.41, 5.74) is 1.99. The first-order chi connectivity index (χ1) is 14.6. The van der Waals surface area contributed by atoms with Crippen LogP contribution >= 0.6 is 0 Å². The number of amides is 3. The molecule has 0 saturated carbocycles. The number of carbonyl (C=O) groups is 3. The van der Waals surface area contributed by atoms with Crippen LogP contribution in [0.15, 0.2) is 36.7 Å². The number of likely N-dealkylation sites (N-methyl/N-ethyl adjacent to an activating group) is 1. The van der Waals surface area contributed by atoms with Gasteiger partial charge in [0.05, 0.1) is 0 Å². The number of hydrogen-bond donors (Lipinski definition) is 3. The van der Waals surface area contributed by atoms with Crippen molar-refractivity contribution in [1.29, 1.82) is 0 Å². The Labute approximate surface area is 184 Å². The molecule has 1 aromatic carbocycles. The molecular weight excluding hydrogens is 392 g/mol. The third-order valence-corrected chi connectivity index (χ3v) is 5.21. The Balaban J connectivity index is 2.15. The third-order valence-electron chi connectivity index (χ3n) is 5.21. The molecule has 0 fully saturated rings. The number of carbonyl (C=O) groups excluding carboxylic acids is 3. The number of para-hydroxylation sites is 1. The Hall–Kier alpha value is -3.09. The van der Waals surface area contributed by atoms with Crippen molar-refractivity contribution in [2.75, 3.05) is 7.05 Å². The first-order valence-corrected chi connectivity index (χ1v) is 10.7. The van der Waals surface area contributed by atoms with Gasteiger partial charge in [0.15, 0.2) is 0 Å². The highest BCUT2D eigenvalue weighted by atomic mass is 16.2. The largest absolute Gasteiger partial charge is 0.361 e. The molecular formula is C24H34N4O3. The molecule has 7 heteroatoms. The van der Waals surface area contributed by atoms with Crippen LogP contribution in [0.5, 0.6) is 0 Å². The summed E-state index contributed by atoms with van der Waals surface area (Å²) < 4.78 is 0. The van der Waals surface area contributed by atoms with Crippen LogP contribution in [0.25, 0.3) is 17.0 Å². The SMILES string of the molecule is CC(=O)N[C@@H](C(=O)N(C)[C@H](CC(C)C)C(=O)NC=Cc1c[nH]c2ccccc12)C(C)C. The molecule has 2 rings (SSSR count). The lowest BCUT2D eigenvalue weighted by Crippen LogP contribution is -2.55. The summed E-state index contributed by atoms with van der Waals surface area (Å²) in [5.74, 6) is -0.685. The van der Waals surface area contributed by atoms with E-state index in [-0.39, 0.29) is 29.6 Å². The van der Waals surface area contributed by atoms with E-state index in [4.69, 9.17) is 0 Å². The Morgan fingerprint density at radius 3 is 2.42 bits per heavy atom. The molecule has 1 heterocycles. The molecule has 0 aliphatic rings.